The van der Waals surface area contributed by atoms with Crippen LogP contribution in [-0.4, -0.2) is 9.55 Å². The molecule has 1 aliphatic rings. The quantitative estimate of drug-likeness (QED) is 0.183. The number of aryl methyl sites for hydroxylation is 2. The normalized spacial score (nSPS) is 12.6. The average Bonchev–Trinajstić information content (AvgIpc) is 3.48. The highest BCUT2D eigenvalue weighted by Gasteiger charge is 2.19. The van der Waals surface area contributed by atoms with Crippen molar-refractivity contribution >= 4 is 27.6 Å². The largest absolute Gasteiger partial charge is 0.297 e. The Kier molecular flexibility index (Phi) is 6.68. The van der Waals surface area contributed by atoms with Crippen molar-refractivity contribution in [1.29, 1.82) is 0 Å². The SMILES string of the molecule is CCc1nc2c(n1-c1ccc(-c3c4ccccc4c(Cc4ccc(-c5ccccc5)cc4)c4ccccc34)cc1)C=CCC2. The summed E-state index contributed by atoms with van der Waals surface area (Å²) in [5.41, 5.74) is 11.4. The van der Waals surface area contributed by atoms with Gasteiger partial charge in [0.15, 0.2) is 0 Å². The van der Waals surface area contributed by atoms with Gasteiger partial charge in [-0.15, -0.1) is 0 Å². The van der Waals surface area contributed by atoms with E-state index in [0.29, 0.717) is 0 Å². The highest BCUT2D eigenvalue weighted by Crippen LogP contribution is 2.40. The Bertz CT molecular complexity index is 2090. The highest BCUT2D eigenvalue weighted by atomic mass is 15.1. The zero-order valence-corrected chi connectivity index (χ0v) is 25.0. The van der Waals surface area contributed by atoms with Gasteiger partial charge in [-0.1, -0.05) is 128 Å². The molecule has 0 radical (unpaired) electrons. The number of rotatable bonds is 6. The van der Waals surface area contributed by atoms with E-state index in [2.05, 4.69) is 151 Å². The van der Waals surface area contributed by atoms with Gasteiger partial charge >= 0.3 is 0 Å². The molecular weight excluding hydrogens is 532 g/mol. The van der Waals surface area contributed by atoms with Crippen molar-refractivity contribution in [1.82, 2.24) is 9.55 Å². The molecule has 0 bridgehead atoms. The molecule has 2 nitrogen and oxygen atoms in total. The van der Waals surface area contributed by atoms with E-state index in [1.165, 1.54) is 72.0 Å². The molecule has 1 aliphatic carbocycles. The minimum Gasteiger partial charge on any atom is -0.297 e. The average molecular weight is 567 g/mol. The number of nitrogens with zero attached hydrogens (tertiary/aromatic N) is 2. The van der Waals surface area contributed by atoms with Gasteiger partial charge in [0, 0.05) is 12.1 Å². The highest BCUT2D eigenvalue weighted by molar-refractivity contribution is 6.15. The minimum absolute atomic E-state index is 0.883. The standard InChI is InChI=1S/C42H34N2/c1-2-41-43-39-18-10-11-19-40(39)44(41)33-26-24-32(25-27-33)42-36-16-8-6-14-34(36)38(35-15-7-9-17-37(35)42)28-29-20-22-31(23-21-29)30-12-4-3-5-13-30/h3-9,11-17,19-27H,2,10,18,28H2,1H3. The van der Waals surface area contributed by atoms with Gasteiger partial charge in [-0.05, 0) is 92.4 Å². The first-order valence-corrected chi connectivity index (χ1v) is 15.7. The molecule has 0 unspecified atom stereocenters. The molecule has 0 spiro atoms. The first kappa shape index (κ1) is 26.4. The van der Waals surface area contributed by atoms with Gasteiger partial charge < -0.3 is 0 Å². The van der Waals surface area contributed by atoms with Crippen molar-refractivity contribution in [3.05, 3.63) is 162 Å². The van der Waals surface area contributed by atoms with Crippen LogP contribution < -0.4 is 0 Å². The first-order valence-electron chi connectivity index (χ1n) is 15.7. The number of aromatic nitrogens is 2. The minimum atomic E-state index is 0.883. The Hall–Kier alpha value is -5.21. The number of allylic oxidation sites excluding steroid dienone is 1. The molecule has 212 valence electrons. The number of fused-ring (bicyclic) bond motifs is 3. The third-order valence-electron chi connectivity index (χ3n) is 9.10. The van der Waals surface area contributed by atoms with E-state index in [1.807, 2.05) is 0 Å². The summed E-state index contributed by atoms with van der Waals surface area (Å²) in [6.45, 7) is 2.19. The molecule has 0 N–H and O–H groups in total. The van der Waals surface area contributed by atoms with Gasteiger partial charge in [-0.2, -0.15) is 0 Å². The molecule has 0 aliphatic heterocycles. The second-order valence-electron chi connectivity index (χ2n) is 11.7. The lowest BCUT2D eigenvalue weighted by molar-refractivity contribution is 0.884. The lowest BCUT2D eigenvalue weighted by atomic mass is 9.86. The Morgan fingerprint density at radius 3 is 1.86 bits per heavy atom. The topological polar surface area (TPSA) is 17.8 Å². The van der Waals surface area contributed by atoms with E-state index in [4.69, 9.17) is 4.98 Å². The van der Waals surface area contributed by atoms with Crippen LogP contribution in [0.25, 0.3) is 55.6 Å². The fourth-order valence-corrected chi connectivity index (χ4v) is 6.97. The van der Waals surface area contributed by atoms with Crippen LogP contribution in [0.3, 0.4) is 0 Å². The lowest BCUT2D eigenvalue weighted by Crippen LogP contribution is -2.03. The summed E-state index contributed by atoms with van der Waals surface area (Å²) in [5, 5.41) is 5.23. The summed E-state index contributed by atoms with van der Waals surface area (Å²) in [6.07, 6.45) is 8.40. The molecule has 0 fully saturated rings. The zero-order valence-electron chi connectivity index (χ0n) is 25.0. The fraction of sp³-hybridized carbons (Fsp3) is 0.119. The fourth-order valence-electron chi connectivity index (χ4n) is 6.97. The van der Waals surface area contributed by atoms with Crippen molar-refractivity contribution in [2.24, 2.45) is 0 Å². The molecule has 44 heavy (non-hydrogen) atoms. The van der Waals surface area contributed by atoms with Gasteiger partial charge in [-0.25, -0.2) is 4.98 Å². The second kappa shape index (κ2) is 11.1. The predicted octanol–water partition coefficient (Wildman–Crippen LogP) is 10.6. The monoisotopic (exact) mass is 566 g/mol. The molecule has 1 heterocycles. The molecule has 1 aromatic heterocycles. The lowest BCUT2D eigenvalue weighted by Gasteiger charge is -2.18. The van der Waals surface area contributed by atoms with Crippen LogP contribution in [-0.2, 0) is 19.3 Å². The molecule has 7 aromatic rings. The molecule has 0 saturated heterocycles. The van der Waals surface area contributed by atoms with E-state index < -0.39 is 0 Å². The summed E-state index contributed by atoms with van der Waals surface area (Å²) < 4.78 is 2.34. The number of imidazole rings is 1. The first-order chi connectivity index (χ1) is 21.8. The van der Waals surface area contributed by atoms with Gasteiger partial charge in [0.25, 0.3) is 0 Å². The van der Waals surface area contributed by atoms with E-state index in [-0.39, 0.29) is 0 Å². The number of hydrogen-bond donors (Lipinski definition) is 0. The third kappa shape index (κ3) is 4.55. The Morgan fingerprint density at radius 1 is 0.614 bits per heavy atom. The van der Waals surface area contributed by atoms with E-state index in [0.717, 1.165) is 31.5 Å². The van der Waals surface area contributed by atoms with Gasteiger partial charge in [0.1, 0.15) is 5.82 Å². The second-order valence-corrected chi connectivity index (χ2v) is 11.7. The summed E-state index contributed by atoms with van der Waals surface area (Å²) in [6, 6.07) is 46.7. The van der Waals surface area contributed by atoms with Crippen molar-refractivity contribution in [3.63, 3.8) is 0 Å². The number of hydrogen-bond acceptors (Lipinski definition) is 1. The zero-order chi connectivity index (χ0) is 29.5. The van der Waals surface area contributed by atoms with Crippen LogP contribution in [0.4, 0.5) is 0 Å². The molecular formula is C42H34N2. The van der Waals surface area contributed by atoms with Gasteiger partial charge in [0.05, 0.1) is 11.4 Å². The van der Waals surface area contributed by atoms with E-state index in [1.54, 1.807) is 0 Å². The van der Waals surface area contributed by atoms with Gasteiger partial charge in [0.2, 0.25) is 0 Å². The van der Waals surface area contributed by atoms with E-state index in [9.17, 15) is 0 Å². The Morgan fingerprint density at radius 2 is 1.20 bits per heavy atom. The Balaban J connectivity index is 1.23. The summed E-state index contributed by atoms with van der Waals surface area (Å²) in [4.78, 5) is 4.98. The molecule has 0 saturated carbocycles. The molecule has 6 aromatic carbocycles. The third-order valence-corrected chi connectivity index (χ3v) is 9.10. The van der Waals surface area contributed by atoms with Gasteiger partial charge in [-0.3, -0.25) is 4.57 Å². The smallest absolute Gasteiger partial charge is 0.113 e. The summed E-state index contributed by atoms with van der Waals surface area (Å²) in [5.74, 6) is 1.13. The number of benzene rings is 6. The van der Waals surface area contributed by atoms with Crippen molar-refractivity contribution in [2.45, 2.75) is 32.6 Å². The van der Waals surface area contributed by atoms with Crippen LogP contribution >= 0.6 is 0 Å². The van der Waals surface area contributed by atoms with Crippen molar-refractivity contribution in [2.75, 3.05) is 0 Å². The van der Waals surface area contributed by atoms with Crippen LogP contribution in [0.5, 0.6) is 0 Å². The summed E-state index contributed by atoms with van der Waals surface area (Å²) >= 11 is 0. The van der Waals surface area contributed by atoms with Crippen LogP contribution in [0.1, 0.15) is 41.7 Å². The molecule has 2 heteroatoms. The Labute approximate surface area is 259 Å². The maximum absolute atomic E-state index is 4.98. The van der Waals surface area contributed by atoms with Crippen molar-refractivity contribution < 1.29 is 0 Å². The molecule has 0 atom stereocenters. The van der Waals surface area contributed by atoms with Crippen LogP contribution in [0.2, 0.25) is 0 Å². The predicted molar refractivity (Wildman–Crippen MR) is 185 cm³/mol. The maximum atomic E-state index is 4.98. The van der Waals surface area contributed by atoms with E-state index >= 15 is 0 Å². The summed E-state index contributed by atoms with van der Waals surface area (Å²) in [7, 11) is 0. The van der Waals surface area contributed by atoms with Crippen molar-refractivity contribution in [3.8, 4) is 27.9 Å². The molecule has 8 rings (SSSR count). The maximum Gasteiger partial charge on any atom is 0.113 e. The van der Waals surface area contributed by atoms with Crippen LogP contribution in [0.15, 0.2) is 133 Å². The van der Waals surface area contributed by atoms with Crippen LogP contribution in [0, 0.1) is 0 Å². The molecule has 0 amide bonds.